The van der Waals surface area contributed by atoms with Crippen molar-refractivity contribution in [2.24, 2.45) is 0 Å². The van der Waals surface area contributed by atoms with Crippen molar-refractivity contribution in [3.8, 4) is 11.8 Å². The number of hydrogen-bond donors (Lipinski definition) is 1. The molecule has 1 N–H and O–H groups in total. The average Bonchev–Trinajstić information content (AvgIpc) is 2.60. The number of benzene rings is 2. The molecule has 0 spiro atoms. The van der Waals surface area contributed by atoms with Gasteiger partial charge in [0, 0.05) is 5.56 Å². The summed E-state index contributed by atoms with van der Waals surface area (Å²) in [6, 6.07) is 15.2. The standard InChI is InChI=1S/C18H13NO5/c19-10-12-5-1-2-6-13(12)11-24-17-8-4-3-7-14(17)15(20)9-16(21)18(22)23/h1-8H,9,11H2,(H,22,23). The number of nitrogens with zero attached hydrogens (tertiary/aromatic N) is 1. The zero-order valence-corrected chi connectivity index (χ0v) is 12.6. The number of carboxylic acid groups (broad SMARTS) is 1. The van der Waals surface area contributed by atoms with E-state index in [1.165, 1.54) is 6.07 Å². The highest BCUT2D eigenvalue weighted by molar-refractivity contribution is 6.37. The molecule has 0 aliphatic carbocycles. The molecule has 0 saturated carbocycles. The number of para-hydroxylation sites is 1. The number of ether oxygens (including phenoxy) is 1. The van der Waals surface area contributed by atoms with Gasteiger partial charge in [0.15, 0.2) is 5.78 Å². The van der Waals surface area contributed by atoms with E-state index in [0.29, 0.717) is 11.1 Å². The summed E-state index contributed by atoms with van der Waals surface area (Å²) in [5, 5.41) is 17.7. The van der Waals surface area contributed by atoms with E-state index in [1.807, 2.05) is 0 Å². The minimum absolute atomic E-state index is 0.0703. The van der Waals surface area contributed by atoms with Gasteiger partial charge in [0.1, 0.15) is 12.4 Å². The van der Waals surface area contributed by atoms with Crippen LogP contribution in [0.3, 0.4) is 0 Å². The van der Waals surface area contributed by atoms with Crippen LogP contribution in [-0.2, 0) is 16.2 Å². The maximum absolute atomic E-state index is 12.1. The van der Waals surface area contributed by atoms with Crippen LogP contribution in [0, 0.1) is 11.3 Å². The van der Waals surface area contributed by atoms with Gasteiger partial charge in [-0.05, 0) is 18.2 Å². The number of rotatable bonds is 7. The first-order valence-corrected chi connectivity index (χ1v) is 7.02. The summed E-state index contributed by atoms with van der Waals surface area (Å²) in [5.74, 6) is -3.23. The highest BCUT2D eigenvalue weighted by Crippen LogP contribution is 2.22. The Bertz CT molecular complexity index is 835. The van der Waals surface area contributed by atoms with Crippen LogP contribution in [0.1, 0.15) is 27.9 Å². The first-order chi connectivity index (χ1) is 11.5. The van der Waals surface area contributed by atoms with Gasteiger partial charge in [0.2, 0.25) is 5.78 Å². The van der Waals surface area contributed by atoms with Gasteiger partial charge in [-0.1, -0.05) is 30.3 Å². The normalized spacial score (nSPS) is 9.79. The van der Waals surface area contributed by atoms with Gasteiger partial charge in [-0.3, -0.25) is 9.59 Å². The molecule has 2 rings (SSSR count). The number of carbonyl (C=O) groups excluding carboxylic acids is 2. The Morgan fingerprint density at radius 2 is 1.71 bits per heavy atom. The molecule has 0 saturated heterocycles. The first kappa shape index (κ1) is 16.9. The molecular weight excluding hydrogens is 310 g/mol. The summed E-state index contributed by atoms with van der Waals surface area (Å²) < 4.78 is 5.60. The first-order valence-electron chi connectivity index (χ1n) is 7.02. The van der Waals surface area contributed by atoms with Gasteiger partial charge in [-0.15, -0.1) is 0 Å². The van der Waals surface area contributed by atoms with Crippen LogP contribution in [0.2, 0.25) is 0 Å². The second-order valence-electron chi connectivity index (χ2n) is 4.88. The number of hydrogen-bond acceptors (Lipinski definition) is 5. The minimum atomic E-state index is -1.65. The molecule has 2 aromatic carbocycles. The van der Waals surface area contributed by atoms with Gasteiger partial charge in [0.25, 0.3) is 0 Å². The lowest BCUT2D eigenvalue weighted by Gasteiger charge is -2.11. The molecule has 24 heavy (non-hydrogen) atoms. The number of carboxylic acids is 1. The zero-order chi connectivity index (χ0) is 17.5. The van der Waals surface area contributed by atoms with Crippen molar-refractivity contribution in [1.29, 1.82) is 5.26 Å². The SMILES string of the molecule is N#Cc1ccccc1COc1ccccc1C(=O)CC(=O)C(=O)O. The van der Waals surface area contributed by atoms with Crippen LogP contribution >= 0.6 is 0 Å². The molecule has 0 aliphatic heterocycles. The van der Waals surface area contributed by atoms with Gasteiger partial charge in [-0.2, -0.15) is 5.26 Å². The van der Waals surface area contributed by atoms with Gasteiger partial charge in [-0.25, -0.2) is 4.79 Å². The second kappa shape index (κ2) is 7.70. The summed E-state index contributed by atoms with van der Waals surface area (Å²) in [6.45, 7) is 0.0703. The molecule has 0 fully saturated rings. The Balaban J connectivity index is 2.17. The van der Waals surface area contributed by atoms with Crippen LogP contribution in [0.4, 0.5) is 0 Å². The third-order valence-corrected chi connectivity index (χ3v) is 3.27. The van der Waals surface area contributed by atoms with Gasteiger partial charge < -0.3 is 9.84 Å². The smallest absolute Gasteiger partial charge is 0.372 e. The van der Waals surface area contributed by atoms with Gasteiger partial charge in [0.05, 0.1) is 23.6 Å². The van der Waals surface area contributed by atoms with E-state index in [4.69, 9.17) is 15.1 Å². The maximum Gasteiger partial charge on any atom is 0.372 e. The van der Waals surface area contributed by atoms with Crippen molar-refractivity contribution in [1.82, 2.24) is 0 Å². The third-order valence-electron chi connectivity index (χ3n) is 3.27. The molecule has 6 nitrogen and oxygen atoms in total. The Morgan fingerprint density at radius 3 is 2.42 bits per heavy atom. The molecule has 0 atom stereocenters. The number of Topliss-reactive ketones (excluding diaryl/α,β-unsaturated/α-hetero) is 2. The lowest BCUT2D eigenvalue weighted by atomic mass is 10.0. The Labute approximate surface area is 137 Å². The summed E-state index contributed by atoms with van der Waals surface area (Å²) >= 11 is 0. The van der Waals surface area contributed by atoms with Gasteiger partial charge >= 0.3 is 5.97 Å². The number of carbonyl (C=O) groups is 3. The Morgan fingerprint density at radius 1 is 1.04 bits per heavy atom. The molecule has 0 amide bonds. The highest BCUT2D eigenvalue weighted by Gasteiger charge is 2.20. The minimum Gasteiger partial charge on any atom is -0.488 e. The molecule has 0 unspecified atom stereocenters. The fourth-order valence-electron chi connectivity index (χ4n) is 2.05. The second-order valence-corrected chi connectivity index (χ2v) is 4.88. The van der Waals surface area contributed by atoms with Crippen LogP contribution in [0.5, 0.6) is 5.75 Å². The van der Waals surface area contributed by atoms with E-state index in [-0.39, 0.29) is 17.9 Å². The molecule has 0 heterocycles. The van der Waals surface area contributed by atoms with E-state index in [1.54, 1.807) is 42.5 Å². The molecule has 6 heteroatoms. The van der Waals surface area contributed by atoms with Crippen LogP contribution in [0.15, 0.2) is 48.5 Å². The van der Waals surface area contributed by atoms with Crippen LogP contribution < -0.4 is 4.74 Å². The maximum atomic E-state index is 12.1. The van der Waals surface area contributed by atoms with Crippen LogP contribution in [0.25, 0.3) is 0 Å². The number of nitriles is 1. The monoisotopic (exact) mass is 323 g/mol. The average molecular weight is 323 g/mol. The van der Waals surface area contributed by atoms with Crippen molar-refractivity contribution in [3.63, 3.8) is 0 Å². The van der Waals surface area contributed by atoms with Crippen molar-refractivity contribution < 1.29 is 24.2 Å². The van der Waals surface area contributed by atoms with Crippen molar-refractivity contribution in [2.75, 3.05) is 0 Å². The van der Waals surface area contributed by atoms with Crippen molar-refractivity contribution >= 4 is 17.5 Å². The lowest BCUT2D eigenvalue weighted by Crippen LogP contribution is -2.17. The number of aliphatic carboxylic acids is 1. The largest absolute Gasteiger partial charge is 0.488 e. The summed E-state index contributed by atoms with van der Waals surface area (Å²) in [5.41, 5.74) is 1.24. The fraction of sp³-hybridized carbons (Fsp3) is 0.111. The zero-order valence-electron chi connectivity index (χ0n) is 12.6. The summed E-state index contributed by atoms with van der Waals surface area (Å²) in [4.78, 5) is 33.9. The van der Waals surface area contributed by atoms with E-state index < -0.39 is 24.0 Å². The number of ketones is 2. The Hall–Kier alpha value is -3.46. The quantitative estimate of drug-likeness (QED) is 0.476. The van der Waals surface area contributed by atoms with Crippen LogP contribution in [-0.4, -0.2) is 22.6 Å². The fourth-order valence-corrected chi connectivity index (χ4v) is 2.05. The predicted octanol–water partition coefficient (Wildman–Crippen LogP) is 2.36. The van der Waals surface area contributed by atoms with E-state index in [0.717, 1.165) is 0 Å². The summed E-state index contributed by atoms with van der Waals surface area (Å²) in [6.07, 6.45) is -0.732. The highest BCUT2D eigenvalue weighted by atomic mass is 16.5. The van der Waals surface area contributed by atoms with E-state index >= 15 is 0 Å². The van der Waals surface area contributed by atoms with E-state index in [9.17, 15) is 14.4 Å². The predicted molar refractivity (Wildman–Crippen MR) is 83.5 cm³/mol. The molecule has 0 aliphatic rings. The molecule has 2 aromatic rings. The molecule has 120 valence electrons. The van der Waals surface area contributed by atoms with E-state index in [2.05, 4.69) is 6.07 Å². The lowest BCUT2D eigenvalue weighted by molar-refractivity contribution is -0.148. The van der Waals surface area contributed by atoms with Crippen molar-refractivity contribution in [2.45, 2.75) is 13.0 Å². The summed E-state index contributed by atoms with van der Waals surface area (Å²) in [7, 11) is 0. The molecule has 0 bridgehead atoms. The third kappa shape index (κ3) is 4.05. The molecule has 0 radical (unpaired) electrons. The van der Waals surface area contributed by atoms with Crippen molar-refractivity contribution in [3.05, 3.63) is 65.2 Å². The Kier molecular flexibility index (Phi) is 5.42. The molecular formula is C18H13NO5. The molecule has 0 aromatic heterocycles. The topological polar surface area (TPSA) is 104 Å².